The van der Waals surface area contributed by atoms with Crippen LogP contribution in [0.5, 0.6) is 0 Å². The monoisotopic (exact) mass is 316 g/mol. The number of benzene rings is 1. The van der Waals surface area contributed by atoms with Crippen molar-refractivity contribution >= 4 is 22.4 Å². The molecule has 0 bridgehead atoms. The molecule has 116 valence electrons. The van der Waals surface area contributed by atoms with Crippen LogP contribution in [0.3, 0.4) is 0 Å². The summed E-state index contributed by atoms with van der Waals surface area (Å²) in [5, 5.41) is 2.84. The van der Waals surface area contributed by atoms with Crippen LogP contribution < -0.4 is 5.32 Å². The SMILES string of the molecule is CC(C)(C)[S@](=O)Cc1cccc(NC(=O)c2ccncc2)c1. The molecule has 0 fully saturated rings. The molecule has 1 amide bonds. The zero-order valence-electron chi connectivity index (χ0n) is 13.0. The molecular formula is C17H20N2O2S. The molecule has 1 atom stereocenters. The Labute approximate surface area is 133 Å². The summed E-state index contributed by atoms with van der Waals surface area (Å²) in [4.78, 5) is 16.0. The van der Waals surface area contributed by atoms with Crippen LogP contribution in [0, 0.1) is 0 Å². The van der Waals surface area contributed by atoms with Gasteiger partial charge in [-0.05, 0) is 50.6 Å². The summed E-state index contributed by atoms with van der Waals surface area (Å²) in [5.74, 6) is 0.291. The predicted molar refractivity (Wildman–Crippen MR) is 90.2 cm³/mol. The highest BCUT2D eigenvalue weighted by Crippen LogP contribution is 2.19. The van der Waals surface area contributed by atoms with Gasteiger partial charge < -0.3 is 5.32 Å². The summed E-state index contributed by atoms with van der Waals surface area (Å²) in [6.07, 6.45) is 3.16. The van der Waals surface area contributed by atoms with E-state index in [4.69, 9.17) is 0 Å². The fraction of sp³-hybridized carbons (Fsp3) is 0.294. The second-order valence-corrected chi connectivity index (χ2v) is 8.20. The molecule has 2 rings (SSSR count). The predicted octanol–water partition coefficient (Wildman–Crippen LogP) is 3.38. The smallest absolute Gasteiger partial charge is 0.255 e. The third kappa shape index (κ3) is 4.49. The molecule has 0 saturated heterocycles. The van der Waals surface area contributed by atoms with Crippen molar-refractivity contribution in [1.82, 2.24) is 4.98 Å². The van der Waals surface area contributed by atoms with Gasteiger partial charge in [-0.15, -0.1) is 0 Å². The van der Waals surface area contributed by atoms with Gasteiger partial charge in [-0.25, -0.2) is 0 Å². The normalized spacial score (nSPS) is 12.7. The van der Waals surface area contributed by atoms with Crippen LogP contribution in [0.25, 0.3) is 0 Å². The largest absolute Gasteiger partial charge is 0.322 e. The minimum absolute atomic E-state index is 0.184. The van der Waals surface area contributed by atoms with Crippen LogP contribution >= 0.6 is 0 Å². The van der Waals surface area contributed by atoms with Gasteiger partial charge in [-0.2, -0.15) is 0 Å². The minimum Gasteiger partial charge on any atom is -0.322 e. The Hall–Kier alpha value is -2.01. The third-order valence-electron chi connectivity index (χ3n) is 3.11. The number of aromatic nitrogens is 1. The zero-order valence-corrected chi connectivity index (χ0v) is 13.8. The molecule has 2 aromatic rings. The number of nitrogens with one attached hydrogen (secondary N) is 1. The lowest BCUT2D eigenvalue weighted by atomic mass is 10.2. The second kappa shape index (κ2) is 6.83. The van der Waals surface area contributed by atoms with Crippen molar-refractivity contribution in [1.29, 1.82) is 0 Å². The standard InChI is InChI=1S/C17H20N2O2S/c1-17(2,3)22(21)12-13-5-4-6-15(11-13)19-16(20)14-7-9-18-10-8-14/h4-11H,12H2,1-3H3,(H,19,20)/t22-/m1/s1. The van der Waals surface area contributed by atoms with Gasteiger partial charge in [0.05, 0.1) is 0 Å². The summed E-state index contributed by atoms with van der Waals surface area (Å²) in [6.45, 7) is 5.87. The lowest BCUT2D eigenvalue weighted by molar-refractivity contribution is 0.102. The van der Waals surface area contributed by atoms with Crippen molar-refractivity contribution in [2.45, 2.75) is 31.3 Å². The quantitative estimate of drug-likeness (QED) is 0.940. The first kappa shape index (κ1) is 16.4. The highest BCUT2D eigenvalue weighted by atomic mass is 32.2. The van der Waals surface area contributed by atoms with Crippen LogP contribution in [-0.2, 0) is 16.6 Å². The van der Waals surface area contributed by atoms with E-state index in [0.717, 1.165) is 5.56 Å². The Morgan fingerprint density at radius 1 is 1.18 bits per heavy atom. The van der Waals surface area contributed by atoms with Gasteiger partial charge in [0.25, 0.3) is 5.91 Å². The zero-order chi connectivity index (χ0) is 16.2. The lowest BCUT2D eigenvalue weighted by Gasteiger charge is -2.18. The number of hydrogen-bond acceptors (Lipinski definition) is 3. The molecule has 22 heavy (non-hydrogen) atoms. The number of rotatable bonds is 4. The molecule has 1 aromatic carbocycles. The van der Waals surface area contributed by atoms with E-state index in [1.165, 1.54) is 0 Å². The second-order valence-electron chi connectivity index (χ2n) is 5.99. The topological polar surface area (TPSA) is 59.1 Å². The average Bonchev–Trinajstić information content (AvgIpc) is 2.47. The highest BCUT2D eigenvalue weighted by Gasteiger charge is 2.19. The minimum atomic E-state index is -0.966. The van der Waals surface area contributed by atoms with E-state index in [2.05, 4.69) is 10.3 Å². The first-order chi connectivity index (χ1) is 10.4. The van der Waals surface area contributed by atoms with Crippen molar-refractivity contribution in [2.75, 3.05) is 5.32 Å². The highest BCUT2D eigenvalue weighted by molar-refractivity contribution is 7.85. The van der Waals surface area contributed by atoms with Crippen molar-refractivity contribution < 1.29 is 9.00 Å². The van der Waals surface area contributed by atoms with Crippen LogP contribution in [0.15, 0.2) is 48.8 Å². The first-order valence-electron chi connectivity index (χ1n) is 7.05. The summed E-state index contributed by atoms with van der Waals surface area (Å²) >= 11 is 0. The molecule has 0 aliphatic rings. The Morgan fingerprint density at radius 3 is 2.50 bits per heavy atom. The maximum Gasteiger partial charge on any atom is 0.255 e. The van der Waals surface area contributed by atoms with Gasteiger partial charge in [0.15, 0.2) is 0 Å². The number of nitrogens with zero attached hydrogens (tertiary/aromatic N) is 1. The Bertz CT molecular complexity index is 679. The molecule has 0 spiro atoms. The van der Waals surface area contributed by atoms with E-state index in [9.17, 15) is 9.00 Å². The molecule has 5 heteroatoms. The van der Waals surface area contributed by atoms with Crippen molar-refractivity contribution in [2.24, 2.45) is 0 Å². The van der Waals surface area contributed by atoms with Gasteiger partial charge in [0.1, 0.15) is 0 Å². The number of anilines is 1. The summed E-state index contributed by atoms with van der Waals surface area (Å²) in [6, 6.07) is 10.8. The molecule has 0 saturated carbocycles. The Balaban J connectivity index is 2.09. The number of hydrogen-bond donors (Lipinski definition) is 1. The van der Waals surface area contributed by atoms with E-state index in [1.807, 2.05) is 45.0 Å². The molecule has 0 unspecified atom stereocenters. The van der Waals surface area contributed by atoms with Gasteiger partial charge in [-0.3, -0.25) is 14.0 Å². The van der Waals surface area contributed by atoms with Crippen LogP contribution in [-0.4, -0.2) is 19.8 Å². The van der Waals surface area contributed by atoms with E-state index in [1.54, 1.807) is 24.5 Å². The van der Waals surface area contributed by atoms with Crippen LogP contribution in [0.2, 0.25) is 0 Å². The summed E-state index contributed by atoms with van der Waals surface area (Å²) in [7, 11) is -0.966. The molecule has 1 N–H and O–H groups in total. The van der Waals surface area contributed by atoms with Gasteiger partial charge >= 0.3 is 0 Å². The summed E-state index contributed by atoms with van der Waals surface area (Å²) < 4.78 is 12.0. The van der Waals surface area contributed by atoms with Crippen molar-refractivity contribution in [3.05, 3.63) is 59.9 Å². The maximum absolute atomic E-state index is 12.2. The number of carbonyl (C=O) groups excluding carboxylic acids is 1. The molecule has 1 heterocycles. The number of pyridine rings is 1. The fourth-order valence-corrected chi connectivity index (χ4v) is 2.73. The van der Waals surface area contributed by atoms with Gasteiger partial charge in [-0.1, -0.05) is 12.1 Å². The van der Waals surface area contributed by atoms with E-state index >= 15 is 0 Å². The molecule has 0 aliphatic heterocycles. The van der Waals surface area contributed by atoms with Crippen LogP contribution in [0.4, 0.5) is 5.69 Å². The third-order valence-corrected chi connectivity index (χ3v) is 5.07. The van der Waals surface area contributed by atoms with E-state index in [0.29, 0.717) is 17.0 Å². The lowest BCUT2D eigenvalue weighted by Crippen LogP contribution is -2.23. The Morgan fingerprint density at radius 2 is 1.86 bits per heavy atom. The first-order valence-corrected chi connectivity index (χ1v) is 8.37. The number of amides is 1. The fourth-order valence-electron chi connectivity index (χ4n) is 1.81. The van der Waals surface area contributed by atoms with Crippen LogP contribution in [0.1, 0.15) is 36.7 Å². The van der Waals surface area contributed by atoms with Gasteiger partial charge in [0, 0.05) is 44.9 Å². The van der Waals surface area contributed by atoms with E-state index in [-0.39, 0.29) is 10.7 Å². The van der Waals surface area contributed by atoms with Crippen molar-refractivity contribution in [3.63, 3.8) is 0 Å². The molecule has 1 aromatic heterocycles. The summed E-state index contributed by atoms with van der Waals surface area (Å²) in [5.41, 5.74) is 2.20. The maximum atomic E-state index is 12.2. The molecular weight excluding hydrogens is 296 g/mol. The van der Waals surface area contributed by atoms with E-state index < -0.39 is 10.8 Å². The number of carbonyl (C=O) groups is 1. The van der Waals surface area contributed by atoms with Gasteiger partial charge in [0.2, 0.25) is 0 Å². The average molecular weight is 316 g/mol. The molecule has 4 nitrogen and oxygen atoms in total. The Kier molecular flexibility index (Phi) is 5.08. The van der Waals surface area contributed by atoms with Crippen molar-refractivity contribution in [3.8, 4) is 0 Å². The molecule has 0 radical (unpaired) electrons. The molecule has 0 aliphatic carbocycles.